The van der Waals surface area contributed by atoms with Gasteiger partial charge in [-0.15, -0.1) is 0 Å². The van der Waals surface area contributed by atoms with Crippen LogP contribution in [0.3, 0.4) is 0 Å². The first-order valence-corrected chi connectivity index (χ1v) is 6.87. The van der Waals surface area contributed by atoms with Crippen LogP contribution in [0.5, 0.6) is 5.75 Å². The Kier molecular flexibility index (Phi) is 4.61. The highest BCUT2D eigenvalue weighted by molar-refractivity contribution is 5.35. The van der Waals surface area contributed by atoms with Gasteiger partial charge in [0.15, 0.2) is 0 Å². The van der Waals surface area contributed by atoms with Crippen molar-refractivity contribution in [3.8, 4) is 5.75 Å². The van der Waals surface area contributed by atoms with E-state index < -0.39 is 0 Å². The number of aliphatic hydroxyl groups is 1. The van der Waals surface area contributed by atoms with Crippen molar-refractivity contribution in [1.82, 2.24) is 0 Å². The molecular weight excluding hydrogens is 226 g/mol. The van der Waals surface area contributed by atoms with E-state index in [4.69, 9.17) is 10.5 Å². The summed E-state index contributed by atoms with van der Waals surface area (Å²) in [5, 5.41) is 10.1. The maximum atomic E-state index is 10.1. The summed E-state index contributed by atoms with van der Waals surface area (Å²) in [7, 11) is 0. The van der Waals surface area contributed by atoms with Gasteiger partial charge in [0.25, 0.3) is 0 Å². The maximum Gasteiger partial charge on any atom is 0.124 e. The molecule has 1 saturated carbocycles. The summed E-state index contributed by atoms with van der Waals surface area (Å²) in [5.41, 5.74) is 6.95. The van der Waals surface area contributed by atoms with Crippen LogP contribution >= 0.6 is 0 Å². The zero-order valence-corrected chi connectivity index (χ0v) is 11.0. The third-order valence-electron chi connectivity index (χ3n) is 3.61. The molecule has 0 saturated heterocycles. The number of hydrogen-bond donors (Lipinski definition) is 2. The van der Waals surface area contributed by atoms with Crippen molar-refractivity contribution < 1.29 is 9.84 Å². The van der Waals surface area contributed by atoms with Gasteiger partial charge in [-0.1, -0.05) is 31.0 Å². The third-order valence-corrected chi connectivity index (χ3v) is 3.61. The molecule has 100 valence electrons. The number of rotatable bonds is 3. The summed E-state index contributed by atoms with van der Waals surface area (Å²) < 4.78 is 6.01. The fourth-order valence-electron chi connectivity index (χ4n) is 2.52. The van der Waals surface area contributed by atoms with Gasteiger partial charge < -0.3 is 15.6 Å². The standard InChI is InChI=1S/C15H23NO2/c1-11(16)12-7-5-6-9-14(12)18-15-10-4-2-3-8-13(15)17/h5-7,9,11,13,15,17H,2-4,8,10,16H2,1H3. The molecule has 18 heavy (non-hydrogen) atoms. The molecule has 3 heteroatoms. The fraction of sp³-hybridized carbons (Fsp3) is 0.600. The van der Waals surface area contributed by atoms with Crippen LogP contribution in [-0.4, -0.2) is 17.3 Å². The topological polar surface area (TPSA) is 55.5 Å². The summed E-state index contributed by atoms with van der Waals surface area (Å²) in [6.45, 7) is 1.95. The van der Waals surface area contributed by atoms with E-state index in [1.807, 2.05) is 31.2 Å². The van der Waals surface area contributed by atoms with E-state index in [1.54, 1.807) is 0 Å². The molecule has 0 aromatic heterocycles. The van der Waals surface area contributed by atoms with Crippen molar-refractivity contribution in [2.24, 2.45) is 5.73 Å². The van der Waals surface area contributed by atoms with Crippen LogP contribution in [0.1, 0.15) is 50.6 Å². The number of benzene rings is 1. The second-order valence-electron chi connectivity index (χ2n) is 5.19. The Morgan fingerprint density at radius 3 is 2.72 bits per heavy atom. The van der Waals surface area contributed by atoms with Gasteiger partial charge >= 0.3 is 0 Å². The second-order valence-corrected chi connectivity index (χ2v) is 5.19. The minimum atomic E-state index is -0.353. The first-order valence-electron chi connectivity index (χ1n) is 6.87. The number of para-hydroxylation sites is 1. The molecule has 2 rings (SSSR count). The van der Waals surface area contributed by atoms with Crippen molar-refractivity contribution in [3.05, 3.63) is 29.8 Å². The highest BCUT2D eigenvalue weighted by Gasteiger charge is 2.24. The second kappa shape index (κ2) is 6.21. The highest BCUT2D eigenvalue weighted by Crippen LogP contribution is 2.28. The molecule has 0 radical (unpaired) electrons. The van der Waals surface area contributed by atoms with Crippen molar-refractivity contribution in [2.75, 3.05) is 0 Å². The zero-order chi connectivity index (χ0) is 13.0. The summed E-state index contributed by atoms with van der Waals surface area (Å²) in [6, 6.07) is 7.79. The van der Waals surface area contributed by atoms with Gasteiger partial charge in [0.05, 0.1) is 6.10 Å². The number of aliphatic hydroxyl groups excluding tert-OH is 1. The molecule has 3 unspecified atom stereocenters. The molecule has 3 atom stereocenters. The van der Waals surface area contributed by atoms with Crippen LogP contribution in [0.15, 0.2) is 24.3 Å². The van der Waals surface area contributed by atoms with Gasteiger partial charge in [0.1, 0.15) is 11.9 Å². The Labute approximate surface area is 109 Å². The highest BCUT2D eigenvalue weighted by atomic mass is 16.5. The molecule has 1 fully saturated rings. The van der Waals surface area contributed by atoms with Crippen LogP contribution in [0, 0.1) is 0 Å². The Balaban J connectivity index is 2.12. The quantitative estimate of drug-likeness (QED) is 0.810. The number of ether oxygens (including phenoxy) is 1. The van der Waals surface area contributed by atoms with Crippen LogP contribution in [0.25, 0.3) is 0 Å². The van der Waals surface area contributed by atoms with Gasteiger partial charge in [0.2, 0.25) is 0 Å². The SMILES string of the molecule is CC(N)c1ccccc1OC1CCCCCC1O. The Bertz CT molecular complexity index is 379. The molecule has 1 aliphatic carbocycles. The van der Waals surface area contributed by atoms with E-state index in [0.29, 0.717) is 0 Å². The van der Waals surface area contributed by atoms with E-state index in [1.165, 1.54) is 6.42 Å². The molecule has 0 aliphatic heterocycles. The average molecular weight is 249 g/mol. The molecule has 1 aromatic carbocycles. The summed E-state index contributed by atoms with van der Waals surface area (Å²) in [6.07, 6.45) is 4.73. The minimum absolute atomic E-state index is 0.0517. The van der Waals surface area contributed by atoms with E-state index in [2.05, 4.69) is 0 Å². The molecule has 3 N–H and O–H groups in total. The van der Waals surface area contributed by atoms with Gasteiger partial charge in [0, 0.05) is 11.6 Å². The maximum absolute atomic E-state index is 10.1. The largest absolute Gasteiger partial charge is 0.487 e. The molecular formula is C15H23NO2. The minimum Gasteiger partial charge on any atom is -0.487 e. The number of nitrogens with two attached hydrogens (primary N) is 1. The van der Waals surface area contributed by atoms with E-state index >= 15 is 0 Å². The summed E-state index contributed by atoms with van der Waals surface area (Å²) in [5.74, 6) is 0.818. The van der Waals surface area contributed by atoms with Gasteiger partial charge in [-0.2, -0.15) is 0 Å². The lowest BCUT2D eigenvalue weighted by Crippen LogP contribution is -2.31. The predicted molar refractivity (Wildman–Crippen MR) is 72.6 cm³/mol. The Morgan fingerprint density at radius 2 is 1.94 bits per heavy atom. The lowest BCUT2D eigenvalue weighted by atomic mass is 10.1. The lowest BCUT2D eigenvalue weighted by Gasteiger charge is -2.24. The first kappa shape index (κ1) is 13.4. The van der Waals surface area contributed by atoms with Gasteiger partial charge in [-0.3, -0.25) is 0 Å². The Hall–Kier alpha value is -1.06. The van der Waals surface area contributed by atoms with E-state index in [0.717, 1.165) is 37.0 Å². The first-order chi connectivity index (χ1) is 8.68. The smallest absolute Gasteiger partial charge is 0.124 e. The Morgan fingerprint density at radius 1 is 1.22 bits per heavy atom. The normalized spacial score (nSPS) is 26.4. The van der Waals surface area contributed by atoms with Crippen molar-refractivity contribution in [1.29, 1.82) is 0 Å². The molecule has 0 spiro atoms. The van der Waals surface area contributed by atoms with Crippen LogP contribution < -0.4 is 10.5 Å². The molecule has 1 aromatic rings. The summed E-state index contributed by atoms with van der Waals surface area (Å²) >= 11 is 0. The van der Waals surface area contributed by atoms with Crippen molar-refractivity contribution in [2.45, 2.75) is 57.3 Å². The molecule has 0 heterocycles. The monoisotopic (exact) mass is 249 g/mol. The number of hydrogen-bond acceptors (Lipinski definition) is 3. The zero-order valence-electron chi connectivity index (χ0n) is 11.0. The van der Waals surface area contributed by atoms with Crippen LogP contribution in [0.2, 0.25) is 0 Å². The van der Waals surface area contributed by atoms with E-state index in [9.17, 15) is 5.11 Å². The molecule has 0 bridgehead atoms. The van der Waals surface area contributed by atoms with Gasteiger partial charge in [-0.25, -0.2) is 0 Å². The lowest BCUT2D eigenvalue weighted by molar-refractivity contribution is 0.0313. The van der Waals surface area contributed by atoms with E-state index in [-0.39, 0.29) is 18.2 Å². The average Bonchev–Trinajstić information content (AvgIpc) is 2.55. The molecule has 1 aliphatic rings. The van der Waals surface area contributed by atoms with Gasteiger partial charge in [-0.05, 0) is 32.3 Å². The fourth-order valence-corrected chi connectivity index (χ4v) is 2.52. The molecule has 0 amide bonds. The van der Waals surface area contributed by atoms with Crippen LogP contribution in [0.4, 0.5) is 0 Å². The summed E-state index contributed by atoms with van der Waals surface area (Å²) in [4.78, 5) is 0. The predicted octanol–water partition coefficient (Wildman–Crippen LogP) is 2.78. The van der Waals surface area contributed by atoms with Crippen molar-refractivity contribution >= 4 is 0 Å². The third kappa shape index (κ3) is 3.24. The van der Waals surface area contributed by atoms with Crippen molar-refractivity contribution in [3.63, 3.8) is 0 Å². The molecule has 3 nitrogen and oxygen atoms in total. The van der Waals surface area contributed by atoms with Crippen LogP contribution in [-0.2, 0) is 0 Å².